The van der Waals surface area contributed by atoms with Gasteiger partial charge >= 0.3 is 0 Å². The summed E-state index contributed by atoms with van der Waals surface area (Å²) in [4.78, 5) is 27.2. The normalized spacial score (nSPS) is 11.6. The highest BCUT2D eigenvalue weighted by atomic mass is 35.5. The fraction of sp³-hybridized carbons (Fsp3) is 0.368. The topological polar surface area (TPSA) is 55.5 Å². The van der Waals surface area contributed by atoms with Gasteiger partial charge in [0.1, 0.15) is 0 Å². The van der Waals surface area contributed by atoms with Crippen molar-refractivity contribution in [1.82, 2.24) is 9.88 Å². The number of nitrogens with one attached hydrogen (secondary N) is 2. The molecule has 0 aliphatic rings. The highest BCUT2D eigenvalue weighted by Gasteiger charge is 2.16. The summed E-state index contributed by atoms with van der Waals surface area (Å²) >= 11 is 7.44. The SMILES string of the molecule is CC[NH+](CC)CCNC(=O)c1cc2c(=O)n(C)c3cc(Cl)ccc3c2s1. The lowest BCUT2D eigenvalue weighted by atomic mass is 10.1. The molecular formula is C19H23ClN3O2S+. The number of aromatic nitrogens is 1. The van der Waals surface area contributed by atoms with E-state index in [0.29, 0.717) is 21.8 Å². The fourth-order valence-electron chi connectivity index (χ4n) is 3.17. The van der Waals surface area contributed by atoms with Crippen LogP contribution >= 0.6 is 22.9 Å². The number of pyridine rings is 1. The molecule has 2 N–H and O–H groups in total. The average molecular weight is 393 g/mol. The molecule has 5 nitrogen and oxygen atoms in total. The number of likely N-dealkylation sites (N-methyl/N-ethyl adjacent to an activating group) is 1. The molecule has 0 atom stereocenters. The van der Waals surface area contributed by atoms with Crippen molar-refractivity contribution in [3.05, 3.63) is 44.5 Å². The molecule has 26 heavy (non-hydrogen) atoms. The predicted molar refractivity (Wildman–Crippen MR) is 109 cm³/mol. The number of carbonyl (C=O) groups is 1. The van der Waals surface area contributed by atoms with Crippen LogP contribution in [-0.2, 0) is 7.05 Å². The number of fused-ring (bicyclic) bond motifs is 3. The number of halogens is 1. The van der Waals surface area contributed by atoms with Crippen LogP contribution in [0.3, 0.4) is 0 Å². The third kappa shape index (κ3) is 3.49. The lowest BCUT2D eigenvalue weighted by molar-refractivity contribution is -0.895. The van der Waals surface area contributed by atoms with Gasteiger partial charge in [0, 0.05) is 22.2 Å². The van der Waals surface area contributed by atoms with E-state index in [-0.39, 0.29) is 11.5 Å². The summed E-state index contributed by atoms with van der Waals surface area (Å²) in [6.07, 6.45) is 0. The number of nitrogens with zero attached hydrogens (tertiary/aromatic N) is 1. The van der Waals surface area contributed by atoms with Crippen LogP contribution in [-0.4, -0.2) is 36.7 Å². The van der Waals surface area contributed by atoms with Gasteiger partial charge in [-0.25, -0.2) is 0 Å². The maximum atomic E-state index is 12.7. The van der Waals surface area contributed by atoms with Crippen molar-refractivity contribution in [3.8, 4) is 0 Å². The molecule has 0 radical (unpaired) electrons. The smallest absolute Gasteiger partial charge is 0.261 e. The van der Waals surface area contributed by atoms with E-state index in [1.54, 1.807) is 29.8 Å². The number of quaternary nitrogens is 1. The van der Waals surface area contributed by atoms with Crippen LogP contribution in [0.5, 0.6) is 0 Å². The summed E-state index contributed by atoms with van der Waals surface area (Å²) in [7, 11) is 1.73. The van der Waals surface area contributed by atoms with Gasteiger partial charge < -0.3 is 14.8 Å². The van der Waals surface area contributed by atoms with Crippen LogP contribution < -0.4 is 15.8 Å². The van der Waals surface area contributed by atoms with Gasteiger partial charge in [0.2, 0.25) is 0 Å². The largest absolute Gasteiger partial charge is 0.346 e. The van der Waals surface area contributed by atoms with Gasteiger partial charge in [-0.2, -0.15) is 0 Å². The Morgan fingerprint density at radius 3 is 2.65 bits per heavy atom. The van der Waals surface area contributed by atoms with Crippen molar-refractivity contribution >= 4 is 49.8 Å². The molecule has 7 heteroatoms. The Balaban J connectivity index is 1.94. The van der Waals surface area contributed by atoms with Crippen molar-refractivity contribution < 1.29 is 9.69 Å². The molecule has 0 aliphatic heterocycles. The molecule has 2 heterocycles. The van der Waals surface area contributed by atoms with E-state index in [0.717, 1.165) is 35.2 Å². The van der Waals surface area contributed by atoms with E-state index in [1.807, 2.05) is 6.07 Å². The third-order valence-electron chi connectivity index (χ3n) is 4.82. The molecule has 0 saturated heterocycles. The van der Waals surface area contributed by atoms with Crippen LogP contribution in [0.4, 0.5) is 0 Å². The maximum Gasteiger partial charge on any atom is 0.261 e. The number of carbonyl (C=O) groups excluding carboxylic acids is 1. The van der Waals surface area contributed by atoms with Crippen LogP contribution in [0.15, 0.2) is 29.1 Å². The summed E-state index contributed by atoms with van der Waals surface area (Å²) in [5, 5.41) is 5.06. The van der Waals surface area contributed by atoms with Gasteiger partial charge in [0.05, 0.1) is 42.0 Å². The summed E-state index contributed by atoms with van der Waals surface area (Å²) in [6.45, 7) is 7.88. The Bertz CT molecular complexity index is 1020. The first-order valence-electron chi connectivity index (χ1n) is 8.79. The molecule has 3 rings (SSSR count). The Labute approximate surface area is 161 Å². The van der Waals surface area contributed by atoms with E-state index in [1.165, 1.54) is 16.2 Å². The Kier molecular flexibility index (Phi) is 5.65. The molecule has 0 fully saturated rings. The zero-order valence-electron chi connectivity index (χ0n) is 15.2. The molecule has 138 valence electrons. The van der Waals surface area contributed by atoms with Gasteiger partial charge in [-0.15, -0.1) is 11.3 Å². The lowest BCUT2D eigenvalue weighted by Crippen LogP contribution is -3.12. The molecule has 0 unspecified atom stereocenters. The number of rotatable bonds is 6. The number of amides is 1. The van der Waals surface area contributed by atoms with Crippen molar-refractivity contribution in [3.63, 3.8) is 0 Å². The highest BCUT2D eigenvalue weighted by Crippen LogP contribution is 2.31. The predicted octanol–water partition coefficient (Wildman–Crippen LogP) is 2.06. The summed E-state index contributed by atoms with van der Waals surface area (Å²) < 4.78 is 2.42. The number of thiophene rings is 1. The van der Waals surface area contributed by atoms with Crippen molar-refractivity contribution in [1.29, 1.82) is 0 Å². The summed E-state index contributed by atoms with van der Waals surface area (Å²) in [5.41, 5.74) is 0.659. The lowest BCUT2D eigenvalue weighted by Gasteiger charge is -2.15. The third-order valence-corrected chi connectivity index (χ3v) is 6.22. The first-order chi connectivity index (χ1) is 12.5. The minimum absolute atomic E-state index is 0.113. The van der Waals surface area contributed by atoms with Gasteiger partial charge in [0.15, 0.2) is 0 Å². The van der Waals surface area contributed by atoms with Gasteiger partial charge in [0.25, 0.3) is 11.5 Å². The van der Waals surface area contributed by atoms with E-state index < -0.39 is 0 Å². The van der Waals surface area contributed by atoms with Crippen LogP contribution in [0.2, 0.25) is 5.02 Å². The zero-order chi connectivity index (χ0) is 18.8. The molecule has 2 aromatic heterocycles. The van der Waals surface area contributed by atoms with E-state index in [9.17, 15) is 9.59 Å². The molecule has 0 saturated carbocycles. The second kappa shape index (κ2) is 7.78. The van der Waals surface area contributed by atoms with Crippen LogP contribution in [0.1, 0.15) is 23.5 Å². The molecular weight excluding hydrogens is 370 g/mol. The van der Waals surface area contributed by atoms with Crippen LogP contribution in [0, 0.1) is 0 Å². The monoisotopic (exact) mass is 392 g/mol. The van der Waals surface area contributed by atoms with Crippen LogP contribution in [0.25, 0.3) is 21.0 Å². The quantitative estimate of drug-likeness (QED) is 0.674. The Hall–Kier alpha value is -1.89. The molecule has 3 aromatic rings. The van der Waals surface area contributed by atoms with E-state index in [2.05, 4.69) is 19.2 Å². The van der Waals surface area contributed by atoms with Crippen molar-refractivity contribution in [2.75, 3.05) is 26.2 Å². The molecule has 1 amide bonds. The van der Waals surface area contributed by atoms with Gasteiger partial charge in [-0.05, 0) is 38.1 Å². The molecule has 0 spiro atoms. The first kappa shape index (κ1) is 18.9. The zero-order valence-corrected chi connectivity index (χ0v) is 16.8. The van der Waals surface area contributed by atoms with Gasteiger partial charge in [-0.1, -0.05) is 11.6 Å². The first-order valence-corrected chi connectivity index (χ1v) is 9.99. The number of hydrogen-bond donors (Lipinski definition) is 2. The molecule has 1 aromatic carbocycles. The molecule has 0 bridgehead atoms. The maximum absolute atomic E-state index is 12.7. The van der Waals surface area contributed by atoms with Crippen molar-refractivity contribution in [2.45, 2.75) is 13.8 Å². The van der Waals surface area contributed by atoms with Crippen molar-refractivity contribution in [2.24, 2.45) is 7.05 Å². The highest BCUT2D eigenvalue weighted by molar-refractivity contribution is 7.21. The summed E-state index contributed by atoms with van der Waals surface area (Å²) in [5.74, 6) is -0.123. The standard InChI is InChI=1S/C19H22ClN3O2S/c1-4-23(5-2)9-8-21-18(24)16-11-14-17(26-16)13-7-6-12(20)10-15(13)22(3)19(14)25/h6-7,10-11H,4-5,8-9H2,1-3H3,(H,21,24)/p+1. The Morgan fingerprint density at radius 2 is 1.96 bits per heavy atom. The molecule has 0 aliphatic carbocycles. The van der Waals surface area contributed by atoms with E-state index >= 15 is 0 Å². The number of benzene rings is 1. The minimum Gasteiger partial charge on any atom is -0.346 e. The minimum atomic E-state index is -0.123. The number of hydrogen-bond acceptors (Lipinski definition) is 3. The fourth-order valence-corrected chi connectivity index (χ4v) is 4.44. The second-order valence-electron chi connectivity index (χ2n) is 6.34. The second-order valence-corrected chi connectivity index (χ2v) is 7.83. The number of aryl methyl sites for hydroxylation is 1. The van der Waals surface area contributed by atoms with E-state index in [4.69, 9.17) is 11.6 Å². The summed E-state index contributed by atoms with van der Waals surface area (Å²) in [6, 6.07) is 7.20. The Morgan fingerprint density at radius 1 is 1.23 bits per heavy atom. The average Bonchev–Trinajstić information content (AvgIpc) is 3.09. The van der Waals surface area contributed by atoms with Gasteiger partial charge in [-0.3, -0.25) is 9.59 Å².